The molecule has 0 saturated carbocycles. The number of halogens is 1. The number of hydrogen-bond donors (Lipinski definition) is 3. The highest BCUT2D eigenvalue weighted by Crippen LogP contribution is 2.30. The molecule has 1 amide bonds. The number of tetrazole rings is 1. The minimum absolute atomic E-state index is 0.00582. The molecule has 1 aromatic carbocycles. The number of ether oxygens (including phenoxy) is 1. The highest BCUT2D eigenvalue weighted by Gasteiger charge is 2.25. The predicted molar refractivity (Wildman–Crippen MR) is 112 cm³/mol. The summed E-state index contributed by atoms with van der Waals surface area (Å²) in [5.74, 6) is -0.263. The van der Waals surface area contributed by atoms with Gasteiger partial charge in [0.25, 0.3) is 0 Å². The average molecular weight is 428 g/mol. The monoisotopic (exact) mass is 428 g/mol. The van der Waals surface area contributed by atoms with Crippen LogP contribution in [-0.4, -0.2) is 51.4 Å². The maximum absolute atomic E-state index is 13.9. The summed E-state index contributed by atoms with van der Waals surface area (Å²) in [4.78, 5) is 14.1. The van der Waals surface area contributed by atoms with Crippen molar-refractivity contribution >= 4 is 23.0 Å². The Morgan fingerprint density at radius 1 is 1.39 bits per heavy atom. The van der Waals surface area contributed by atoms with Crippen molar-refractivity contribution in [2.24, 2.45) is 0 Å². The zero-order chi connectivity index (χ0) is 22.4. The number of nitrogens with zero attached hydrogens (tertiary/aromatic N) is 5. The van der Waals surface area contributed by atoms with Gasteiger partial charge in [0.05, 0.1) is 11.4 Å². The number of piperidine rings is 1. The molecule has 10 nitrogen and oxygen atoms in total. The van der Waals surface area contributed by atoms with Crippen LogP contribution in [0.15, 0.2) is 24.4 Å². The SMILES string of the molecule is CC(C)(C)OC(=O)NC1CCN(c2ccc(F)cc2NC=C(C#N)c2nn[nH]n2)CC1. The summed E-state index contributed by atoms with van der Waals surface area (Å²) in [5, 5.41) is 28.5. The zero-order valence-corrected chi connectivity index (χ0v) is 17.6. The normalized spacial score (nSPS) is 15.3. The van der Waals surface area contributed by atoms with Crippen LogP contribution in [0.4, 0.5) is 20.6 Å². The van der Waals surface area contributed by atoms with Crippen LogP contribution in [0.1, 0.15) is 39.4 Å². The predicted octanol–water partition coefficient (Wildman–Crippen LogP) is 2.81. The summed E-state index contributed by atoms with van der Waals surface area (Å²) in [6.45, 7) is 6.80. The highest BCUT2D eigenvalue weighted by molar-refractivity contribution is 5.77. The lowest BCUT2D eigenvalue weighted by Gasteiger charge is -2.35. The van der Waals surface area contributed by atoms with E-state index in [2.05, 4.69) is 36.2 Å². The first-order valence-electron chi connectivity index (χ1n) is 9.90. The van der Waals surface area contributed by atoms with Crippen LogP contribution >= 0.6 is 0 Å². The van der Waals surface area contributed by atoms with Crippen molar-refractivity contribution in [2.45, 2.75) is 45.3 Å². The van der Waals surface area contributed by atoms with Gasteiger partial charge in [0.15, 0.2) is 0 Å². The van der Waals surface area contributed by atoms with Crippen LogP contribution < -0.4 is 15.5 Å². The van der Waals surface area contributed by atoms with Crippen LogP contribution in [0.5, 0.6) is 0 Å². The first-order valence-corrected chi connectivity index (χ1v) is 9.90. The lowest BCUT2D eigenvalue weighted by Crippen LogP contribution is -2.46. The molecule has 0 radical (unpaired) electrons. The molecule has 1 fully saturated rings. The van der Waals surface area contributed by atoms with Gasteiger partial charge >= 0.3 is 6.09 Å². The lowest BCUT2D eigenvalue weighted by molar-refractivity contribution is 0.0497. The largest absolute Gasteiger partial charge is 0.444 e. The number of nitrogens with one attached hydrogen (secondary N) is 3. The van der Waals surface area contributed by atoms with E-state index in [-0.39, 0.29) is 17.4 Å². The number of amides is 1. The number of nitriles is 1. The second kappa shape index (κ2) is 9.42. The summed E-state index contributed by atoms with van der Waals surface area (Å²) in [6, 6.07) is 6.43. The van der Waals surface area contributed by atoms with Gasteiger partial charge in [0.1, 0.15) is 23.1 Å². The van der Waals surface area contributed by atoms with Gasteiger partial charge in [-0.1, -0.05) is 0 Å². The fraction of sp³-hybridized carbons (Fsp3) is 0.450. The molecule has 0 bridgehead atoms. The van der Waals surface area contributed by atoms with E-state index in [4.69, 9.17) is 4.74 Å². The third kappa shape index (κ3) is 6.15. The molecule has 1 aliphatic heterocycles. The maximum Gasteiger partial charge on any atom is 0.407 e. The first-order chi connectivity index (χ1) is 14.7. The van der Waals surface area contributed by atoms with Crippen LogP contribution in [0.3, 0.4) is 0 Å². The fourth-order valence-corrected chi connectivity index (χ4v) is 3.21. The summed E-state index contributed by atoms with van der Waals surface area (Å²) in [7, 11) is 0. The van der Waals surface area contributed by atoms with E-state index in [1.54, 1.807) is 6.07 Å². The number of carbonyl (C=O) groups is 1. The number of allylic oxidation sites excluding steroid dienone is 1. The van der Waals surface area contributed by atoms with Gasteiger partial charge in [0, 0.05) is 25.3 Å². The van der Waals surface area contributed by atoms with Crippen molar-refractivity contribution in [3.63, 3.8) is 0 Å². The van der Waals surface area contributed by atoms with E-state index in [1.165, 1.54) is 18.3 Å². The molecule has 11 heteroatoms. The van der Waals surface area contributed by atoms with E-state index in [9.17, 15) is 14.4 Å². The van der Waals surface area contributed by atoms with Gasteiger partial charge in [-0.15, -0.1) is 10.2 Å². The molecule has 0 atom stereocenters. The Morgan fingerprint density at radius 3 is 2.74 bits per heavy atom. The standard InChI is InChI=1S/C20H25FN8O2/c1-20(2,3)31-19(30)24-15-6-8-29(9-7-15)17-5-4-14(21)10-16(17)23-12-13(11-22)18-25-27-28-26-18/h4-5,10,12,15,23H,6-9H2,1-3H3,(H,24,30)(H,25,26,27,28). The Hall–Kier alpha value is -3.68. The first kappa shape index (κ1) is 22.0. The molecule has 1 aliphatic rings. The van der Waals surface area contributed by atoms with Gasteiger partial charge in [-0.25, -0.2) is 9.18 Å². The Balaban J connectivity index is 1.66. The number of aromatic nitrogens is 4. The zero-order valence-electron chi connectivity index (χ0n) is 17.6. The number of hydrogen-bond acceptors (Lipinski definition) is 8. The minimum Gasteiger partial charge on any atom is -0.444 e. The molecule has 0 unspecified atom stereocenters. The number of benzene rings is 1. The Bertz CT molecular complexity index is 970. The number of carbonyl (C=O) groups excluding carboxylic acids is 1. The van der Waals surface area contributed by atoms with E-state index in [1.807, 2.05) is 26.8 Å². The Labute approximate surface area is 179 Å². The molecule has 2 aromatic rings. The van der Waals surface area contributed by atoms with Gasteiger partial charge in [-0.2, -0.15) is 10.5 Å². The summed E-state index contributed by atoms with van der Waals surface area (Å²) in [5.41, 5.74) is 0.911. The second-order valence-corrected chi connectivity index (χ2v) is 8.12. The highest BCUT2D eigenvalue weighted by atomic mass is 19.1. The van der Waals surface area contributed by atoms with Gasteiger partial charge in [-0.3, -0.25) is 0 Å². The van der Waals surface area contributed by atoms with Crippen molar-refractivity contribution < 1.29 is 13.9 Å². The van der Waals surface area contributed by atoms with E-state index in [0.717, 1.165) is 18.5 Å². The summed E-state index contributed by atoms with van der Waals surface area (Å²) in [6.07, 6.45) is 2.43. The van der Waals surface area contributed by atoms with Crippen molar-refractivity contribution in [3.05, 3.63) is 36.0 Å². The number of anilines is 2. The molecule has 0 spiro atoms. The fourth-order valence-electron chi connectivity index (χ4n) is 3.21. The van der Waals surface area contributed by atoms with Crippen LogP contribution in [0.2, 0.25) is 0 Å². The molecule has 1 aromatic heterocycles. The molecule has 3 N–H and O–H groups in total. The molecule has 1 saturated heterocycles. The van der Waals surface area contributed by atoms with Crippen molar-refractivity contribution in [2.75, 3.05) is 23.3 Å². The van der Waals surface area contributed by atoms with Gasteiger partial charge in [-0.05, 0) is 57.0 Å². The number of H-pyrrole nitrogens is 1. The van der Waals surface area contributed by atoms with E-state index >= 15 is 0 Å². The van der Waals surface area contributed by atoms with E-state index in [0.29, 0.717) is 18.8 Å². The van der Waals surface area contributed by atoms with Gasteiger partial charge in [0.2, 0.25) is 5.82 Å². The summed E-state index contributed by atoms with van der Waals surface area (Å²) >= 11 is 0. The molecule has 2 heterocycles. The summed E-state index contributed by atoms with van der Waals surface area (Å²) < 4.78 is 19.2. The molecular formula is C20H25FN8O2. The Kier molecular flexibility index (Phi) is 6.69. The smallest absolute Gasteiger partial charge is 0.407 e. The third-order valence-electron chi connectivity index (χ3n) is 4.59. The topological polar surface area (TPSA) is 132 Å². The van der Waals surface area contributed by atoms with Gasteiger partial charge < -0.3 is 20.3 Å². The van der Waals surface area contributed by atoms with Crippen molar-refractivity contribution in [3.8, 4) is 6.07 Å². The number of aromatic amines is 1. The van der Waals surface area contributed by atoms with Crippen LogP contribution in [-0.2, 0) is 4.74 Å². The molecular weight excluding hydrogens is 403 g/mol. The van der Waals surface area contributed by atoms with Crippen LogP contribution in [0, 0.1) is 17.1 Å². The molecule has 3 rings (SSSR count). The Morgan fingerprint density at radius 2 is 2.13 bits per heavy atom. The van der Waals surface area contributed by atoms with Crippen LogP contribution in [0.25, 0.3) is 5.57 Å². The second-order valence-electron chi connectivity index (χ2n) is 8.12. The molecule has 0 aliphatic carbocycles. The number of alkyl carbamates (subject to hydrolysis) is 1. The van der Waals surface area contributed by atoms with Crippen molar-refractivity contribution in [1.82, 2.24) is 25.9 Å². The maximum atomic E-state index is 13.9. The minimum atomic E-state index is -0.545. The quantitative estimate of drug-likeness (QED) is 0.620. The van der Waals surface area contributed by atoms with Crippen molar-refractivity contribution in [1.29, 1.82) is 5.26 Å². The lowest BCUT2D eigenvalue weighted by atomic mass is 10.0. The van der Waals surface area contributed by atoms with E-state index < -0.39 is 17.5 Å². The third-order valence-corrected chi connectivity index (χ3v) is 4.59. The molecule has 164 valence electrons. The number of rotatable bonds is 5. The molecule has 31 heavy (non-hydrogen) atoms. The average Bonchev–Trinajstić information content (AvgIpc) is 3.22.